The Bertz CT molecular complexity index is 1140. The topological polar surface area (TPSA) is 97.8 Å². The lowest BCUT2D eigenvalue weighted by molar-refractivity contribution is -0.141. The Morgan fingerprint density at radius 3 is 2.52 bits per heavy atom. The van der Waals surface area contributed by atoms with E-state index in [9.17, 15) is 14.4 Å². The van der Waals surface area contributed by atoms with Crippen LogP contribution in [0, 0.1) is 6.92 Å². The van der Waals surface area contributed by atoms with Gasteiger partial charge in [0, 0.05) is 17.5 Å². The lowest BCUT2D eigenvalue weighted by atomic mass is 10.1. The number of amides is 1. The predicted molar refractivity (Wildman–Crippen MR) is 118 cm³/mol. The summed E-state index contributed by atoms with van der Waals surface area (Å²) in [6.07, 6.45) is 0. The molecule has 0 unspecified atom stereocenters. The molecule has 1 N–H and O–H groups in total. The minimum absolute atomic E-state index is 0.131. The molecule has 2 aromatic heterocycles. The number of anilines is 1. The molecule has 3 rings (SSSR count). The van der Waals surface area contributed by atoms with E-state index in [2.05, 4.69) is 15.0 Å². The average molecular weight is 442 g/mol. The fraction of sp³-hybridized carbons (Fsp3) is 0.273. The highest BCUT2D eigenvalue weighted by atomic mass is 32.1. The van der Waals surface area contributed by atoms with Crippen molar-refractivity contribution < 1.29 is 23.9 Å². The Morgan fingerprint density at radius 2 is 1.84 bits per heavy atom. The van der Waals surface area contributed by atoms with E-state index in [1.54, 1.807) is 36.2 Å². The first kappa shape index (κ1) is 22.4. The summed E-state index contributed by atoms with van der Waals surface area (Å²) >= 11 is 1.15. The number of fused-ring (bicyclic) bond motifs is 1. The zero-order valence-electron chi connectivity index (χ0n) is 17.7. The highest BCUT2D eigenvalue weighted by Crippen LogP contribution is 2.36. The number of pyridine rings is 1. The number of carbonyl (C=O) groups is 3. The summed E-state index contributed by atoms with van der Waals surface area (Å²) in [7, 11) is 4.42. The number of ether oxygens (including phenoxy) is 2. The van der Waals surface area contributed by atoms with Crippen LogP contribution in [0.1, 0.15) is 31.3 Å². The van der Waals surface area contributed by atoms with Crippen LogP contribution in [0.15, 0.2) is 36.4 Å². The Balaban J connectivity index is 1.94. The minimum atomic E-state index is -0.549. The minimum Gasteiger partial charge on any atom is -0.468 e. The molecule has 0 atom stereocenters. The molecule has 0 aliphatic heterocycles. The molecule has 0 bridgehead atoms. The normalized spacial score (nSPS) is 10.9. The molecule has 162 valence electrons. The molecule has 0 radical (unpaired) electrons. The molecular formula is C22H23N3O5S. The number of benzene rings is 1. The smallest absolute Gasteiger partial charge is 0.350 e. The first-order valence-electron chi connectivity index (χ1n) is 9.47. The summed E-state index contributed by atoms with van der Waals surface area (Å²) in [5, 5.41) is 3.50. The summed E-state index contributed by atoms with van der Waals surface area (Å²) in [6, 6.07) is 10.8. The van der Waals surface area contributed by atoms with Crippen molar-refractivity contribution in [2.45, 2.75) is 13.5 Å². The van der Waals surface area contributed by atoms with E-state index in [0.29, 0.717) is 33.7 Å². The summed E-state index contributed by atoms with van der Waals surface area (Å²) in [6.45, 7) is 2.40. The van der Waals surface area contributed by atoms with E-state index in [1.807, 2.05) is 19.1 Å². The predicted octanol–water partition coefficient (Wildman–Crippen LogP) is 3.25. The van der Waals surface area contributed by atoms with Gasteiger partial charge in [0.25, 0.3) is 5.91 Å². The molecule has 0 aliphatic rings. The first-order valence-corrected chi connectivity index (χ1v) is 10.3. The standard InChI is InChI=1S/C22H23N3O5S/c1-13-7-5-6-8-15(13)20(27)24-18-16-10-9-14(11-25(2)12-17(26)29-3)23-21(16)31-19(18)22(28)30-4/h5-10H,11-12H2,1-4H3,(H,24,27). The molecule has 8 nitrogen and oxygen atoms in total. The van der Waals surface area contributed by atoms with Crippen LogP contribution in [0.4, 0.5) is 5.69 Å². The third kappa shape index (κ3) is 5.07. The second-order valence-electron chi connectivity index (χ2n) is 6.97. The number of carbonyl (C=O) groups excluding carboxylic acids is 3. The van der Waals surface area contributed by atoms with Gasteiger partial charge in [-0.3, -0.25) is 14.5 Å². The molecule has 1 amide bonds. The van der Waals surface area contributed by atoms with E-state index in [1.165, 1.54) is 14.2 Å². The highest BCUT2D eigenvalue weighted by Gasteiger charge is 2.23. The van der Waals surface area contributed by atoms with Crippen LogP contribution in [-0.4, -0.2) is 55.5 Å². The number of aromatic nitrogens is 1. The number of esters is 2. The number of nitrogens with zero attached hydrogens (tertiary/aromatic N) is 2. The first-order chi connectivity index (χ1) is 14.8. The van der Waals surface area contributed by atoms with Crippen molar-refractivity contribution >= 4 is 45.1 Å². The van der Waals surface area contributed by atoms with Gasteiger partial charge in [-0.25, -0.2) is 9.78 Å². The maximum atomic E-state index is 12.9. The number of hydrogen-bond acceptors (Lipinski definition) is 8. The second-order valence-corrected chi connectivity index (χ2v) is 7.97. The molecule has 2 heterocycles. The van der Waals surface area contributed by atoms with Crippen molar-refractivity contribution in [3.05, 3.63) is 58.1 Å². The molecule has 0 fully saturated rings. The van der Waals surface area contributed by atoms with Crippen molar-refractivity contribution in [3.8, 4) is 0 Å². The molecule has 0 aliphatic carbocycles. The number of hydrogen-bond donors (Lipinski definition) is 1. The number of likely N-dealkylation sites (N-methyl/N-ethyl adjacent to an activating group) is 1. The Morgan fingerprint density at radius 1 is 1.10 bits per heavy atom. The molecule has 9 heteroatoms. The van der Waals surface area contributed by atoms with Crippen LogP contribution in [0.25, 0.3) is 10.2 Å². The maximum absolute atomic E-state index is 12.9. The van der Waals surface area contributed by atoms with Gasteiger partial charge in [-0.1, -0.05) is 18.2 Å². The van der Waals surface area contributed by atoms with Crippen LogP contribution >= 0.6 is 11.3 Å². The van der Waals surface area contributed by atoms with E-state index in [0.717, 1.165) is 16.9 Å². The fourth-order valence-corrected chi connectivity index (χ4v) is 4.16. The van der Waals surface area contributed by atoms with Gasteiger partial charge in [0.1, 0.15) is 9.71 Å². The number of methoxy groups -OCH3 is 2. The van der Waals surface area contributed by atoms with E-state index in [-0.39, 0.29) is 23.3 Å². The van der Waals surface area contributed by atoms with Gasteiger partial charge in [-0.2, -0.15) is 0 Å². The van der Waals surface area contributed by atoms with Crippen LogP contribution in [0.2, 0.25) is 0 Å². The van der Waals surface area contributed by atoms with Crippen LogP contribution in [0.3, 0.4) is 0 Å². The van der Waals surface area contributed by atoms with Crippen LogP contribution in [0.5, 0.6) is 0 Å². The Labute approximate surface area is 183 Å². The number of rotatable bonds is 7. The molecule has 0 spiro atoms. The van der Waals surface area contributed by atoms with Gasteiger partial charge >= 0.3 is 11.9 Å². The Kier molecular flexibility index (Phi) is 6.98. The van der Waals surface area contributed by atoms with Gasteiger partial charge < -0.3 is 14.8 Å². The molecule has 3 aromatic rings. The number of nitrogens with one attached hydrogen (secondary N) is 1. The van der Waals surface area contributed by atoms with Crippen molar-refractivity contribution in [1.29, 1.82) is 0 Å². The summed E-state index contributed by atoms with van der Waals surface area (Å²) < 4.78 is 9.58. The van der Waals surface area contributed by atoms with Crippen LogP contribution in [-0.2, 0) is 20.8 Å². The van der Waals surface area contributed by atoms with Crippen molar-refractivity contribution in [3.63, 3.8) is 0 Å². The van der Waals surface area contributed by atoms with E-state index < -0.39 is 5.97 Å². The van der Waals surface area contributed by atoms with Crippen LogP contribution < -0.4 is 5.32 Å². The van der Waals surface area contributed by atoms with E-state index in [4.69, 9.17) is 4.74 Å². The molecular weight excluding hydrogens is 418 g/mol. The molecule has 0 saturated heterocycles. The Hall–Kier alpha value is -3.30. The largest absolute Gasteiger partial charge is 0.468 e. The van der Waals surface area contributed by atoms with Crippen molar-refractivity contribution in [2.24, 2.45) is 0 Å². The maximum Gasteiger partial charge on any atom is 0.350 e. The zero-order valence-corrected chi connectivity index (χ0v) is 18.5. The van der Waals surface area contributed by atoms with E-state index >= 15 is 0 Å². The average Bonchev–Trinajstić information content (AvgIpc) is 3.10. The third-order valence-corrected chi connectivity index (χ3v) is 5.75. The lowest BCUT2D eigenvalue weighted by Crippen LogP contribution is -2.26. The van der Waals surface area contributed by atoms with Gasteiger partial charge in [0.15, 0.2) is 0 Å². The fourth-order valence-electron chi connectivity index (χ4n) is 3.09. The SMILES string of the molecule is COC(=O)CN(C)Cc1ccc2c(NC(=O)c3ccccc3C)c(C(=O)OC)sc2n1. The van der Waals surface area contributed by atoms with Crippen molar-refractivity contribution in [1.82, 2.24) is 9.88 Å². The van der Waals surface area contributed by atoms with Gasteiger partial charge in [-0.05, 0) is 37.7 Å². The summed E-state index contributed by atoms with van der Waals surface area (Å²) in [4.78, 5) is 43.9. The van der Waals surface area contributed by atoms with Gasteiger partial charge in [-0.15, -0.1) is 11.3 Å². The van der Waals surface area contributed by atoms with Crippen molar-refractivity contribution in [2.75, 3.05) is 33.1 Å². The van der Waals surface area contributed by atoms with Gasteiger partial charge in [0.2, 0.25) is 0 Å². The zero-order chi connectivity index (χ0) is 22.5. The monoisotopic (exact) mass is 441 g/mol. The molecule has 0 saturated carbocycles. The quantitative estimate of drug-likeness (QED) is 0.562. The van der Waals surface area contributed by atoms with Gasteiger partial charge in [0.05, 0.1) is 32.1 Å². The summed E-state index contributed by atoms with van der Waals surface area (Å²) in [5.41, 5.74) is 2.44. The number of aryl methyl sites for hydroxylation is 1. The summed E-state index contributed by atoms with van der Waals surface area (Å²) in [5.74, 6) is -1.20. The molecule has 31 heavy (non-hydrogen) atoms. The lowest BCUT2D eigenvalue weighted by Gasteiger charge is -2.14. The second kappa shape index (κ2) is 9.67. The number of thiophene rings is 1. The molecule has 1 aromatic carbocycles. The highest BCUT2D eigenvalue weighted by molar-refractivity contribution is 7.21. The third-order valence-electron chi connectivity index (χ3n) is 4.67.